The van der Waals surface area contributed by atoms with Crippen LogP contribution in [0.5, 0.6) is 5.75 Å². The normalized spacial score (nSPS) is 11.6. The van der Waals surface area contributed by atoms with Crippen molar-refractivity contribution in [2.75, 3.05) is 0 Å². The van der Waals surface area contributed by atoms with Gasteiger partial charge >= 0.3 is 5.97 Å². The number of imidazole rings is 1. The Morgan fingerprint density at radius 2 is 1.80 bits per heavy atom. The summed E-state index contributed by atoms with van der Waals surface area (Å²) in [5.74, 6) is -0.470. The Morgan fingerprint density at radius 1 is 1.07 bits per heavy atom. The molecule has 0 spiro atoms. The molecule has 5 nitrogen and oxygen atoms in total. The van der Waals surface area contributed by atoms with Crippen molar-refractivity contribution in [3.63, 3.8) is 0 Å². The molecule has 7 heteroatoms. The van der Waals surface area contributed by atoms with E-state index in [-0.39, 0.29) is 11.5 Å². The molecule has 0 unspecified atom stereocenters. The number of thioether (sulfide) groups is 1. The number of hydrogen-bond acceptors (Lipinski definition) is 4. The molecule has 4 rings (SSSR count). The lowest BCUT2D eigenvalue weighted by atomic mass is 10.2. The summed E-state index contributed by atoms with van der Waals surface area (Å²) in [5, 5.41) is 10.9. The van der Waals surface area contributed by atoms with Gasteiger partial charge in [-0.1, -0.05) is 60.1 Å². The van der Waals surface area contributed by atoms with Crippen LogP contribution in [-0.4, -0.2) is 21.0 Å². The molecule has 30 heavy (non-hydrogen) atoms. The molecule has 0 fully saturated rings. The number of aliphatic carboxylic acids is 1. The number of carboxylic acids is 1. The minimum Gasteiger partial charge on any atom is -0.488 e. The average Bonchev–Trinajstić information content (AvgIpc) is 3.16. The van der Waals surface area contributed by atoms with E-state index in [0.29, 0.717) is 21.5 Å². The monoisotopic (exact) mass is 436 g/mol. The first kappa shape index (κ1) is 20.1. The SMILES string of the molecule is O=C(O)/C(=C/c1ccccc1OCc1ccccc1Cl)Sc1nc2ccccc2[nH]1. The van der Waals surface area contributed by atoms with E-state index >= 15 is 0 Å². The number of benzene rings is 3. The van der Waals surface area contributed by atoms with Crippen LogP contribution in [0.3, 0.4) is 0 Å². The number of aromatic amines is 1. The number of fused-ring (bicyclic) bond motifs is 1. The highest BCUT2D eigenvalue weighted by Gasteiger charge is 2.14. The topological polar surface area (TPSA) is 75.2 Å². The fourth-order valence-electron chi connectivity index (χ4n) is 2.86. The zero-order chi connectivity index (χ0) is 20.9. The summed E-state index contributed by atoms with van der Waals surface area (Å²) < 4.78 is 5.93. The van der Waals surface area contributed by atoms with E-state index in [1.54, 1.807) is 18.2 Å². The molecule has 0 radical (unpaired) electrons. The van der Waals surface area contributed by atoms with E-state index in [2.05, 4.69) is 9.97 Å². The Labute approximate surface area is 182 Å². The molecule has 0 atom stereocenters. The molecule has 0 saturated carbocycles. The van der Waals surface area contributed by atoms with Crippen molar-refractivity contribution in [3.05, 3.63) is 93.9 Å². The summed E-state index contributed by atoms with van der Waals surface area (Å²) in [5.41, 5.74) is 3.15. The first-order chi connectivity index (χ1) is 14.6. The summed E-state index contributed by atoms with van der Waals surface area (Å²) in [6.45, 7) is 0.281. The van der Waals surface area contributed by atoms with Crippen LogP contribution < -0.4 is 4.74 Å². The highest BCUT2D eigenvalue weighted by atomic mass is 35.5. The standard InChI is InChI=1S/C23H17ClN2O3S/c24-17-9-3-1-8-16(17)14-29-20-12-6-2-7-15(20)13-21(22(27)28)30-23-25-18-10-4-5-11-19(18)26-23/h1-13H,14H2,(H,25,26)(H,27,28)/b21-13-. The molecule has 1 aromatic heterocycles. The molecule has 0 aliphatic heterocycles. The Balaban J connectivity index is 1.59. The van der Waals surface area contributed by atoms with Gasteiger partial charge in [-0.3, -0.25) is 0 Å². The van der Waals surface area contributed by atoms with Crippen molar-refractivity contribution in [2.45, 2.75) is 11.8 Å². The maximum Gasteiger partial charge on any atom is 0.342 e. The summed E-state index contributed by atoms with van der Waals surface area (Å²) in [6.07, 6.45) is 1.59. The minimum absolute atomic E-state index is 0.128. The van der Waals surface area contributed by atoms with Crippen LogP contribution in [0.15, 0.2) is 82.9 Å². The summed E-state index contributed by atoms with van der Waals surface area (Å²) >= 11 is 7.26. The van der Waals surface area contributed by atoms with Crippen LogP contribution in [0.25, 0.3) is 17.1 Å². The fourth-order valence-corrected chi connectivity index (χ4v) is 3.84. The van der Waals surface area contributed by atoms with Crippen LogP contribution in [0, 0.1) is 0 Å². The van der Waals surface area contributed by atoms with Gasteiger partial charge in [0.25, 0.3) is 0 Å². The van der Waals surface area contributed by atoms with Gasteiger partial charge < -0.3 is 14.8 Å². The number of nitrogens with one attached hydrogen (secondary N) is 1. The van der Waals surface area contributed by atoms with Gasteiger partial charge in [0.15, 0.2) is 5.16 Å². The quantitative estimate of drug-likeness (QED) is 0.274. The molecule has 2 N–H and O–H groups in total. The zero-order valence-electron chi connectivity index (χ0n) is 15.7. The van der Waals surface area contributed by atoms with E-state index in [9.17, 15) is 9.90 Å². The Morgan fingerprint density at radius 3 is 2.60 bits per heavy atom. The highest BCUT2D eigenvalue weighted by Crippen LogP contribution is 2.31. The molecule has 1 heterocycles. The predicted octanol–water partition coefficient (Wildman–Crippen LogP) is 6.01. The van der Waals surface area contributed by atoms with E-state index in [0.717, 1.165) is 28.4 Å². The lowest BCUT2D eigenvalue weighted by Crippen LogP contribution is -2.00. The van der Waals surface area contributed by atoms with Crippen LogP contribution >= 0.6 is 23.4 Å². The number of H-pyrrole nitrogens is 1. The highest BCUT2D eigenvalue weighted by molar-refractivity contribution is 8.04. The van der Waals surface area contributed by atoms with Crippen LogP contribution in [-0.2, 0) is 11.4 Å². The van der Waals surface area contributed by atoms with Crippen molar-refractivity contribution in [2.24, 2.45) is 0 Å². The second-order valence-electron chi connectivity index (χ2n) is 6.39. The van der Waals surface area contributed by atoms with Crippen LogP contribution in [0.1, 0.15) is 11.1 Å². The lowest BCUT2D eigenvalue weighted by Gasteiger charge is -2.11. The lowest BCUT2D eigenvalue weighted by molar-refractivity contribution is -0.131. The van der Waals surface area contributed by atoms with Gasteiger partial charge in [0.2, 0.25) is 0 Å². The van der Waals surface area contributed by atoms with Gasteiger partial charge in [-0.05, 0) is 42.1 Å². The van der Waals surface area contributed by atoms with Crippen molar-refractivity contribution in [1.82, 2.24) is 9.97 Å². The number of hydrogen-bond donors (Lipinski definition) is 2. The Hall–Kier alpha value is -3.22. The van der Waals surface area contributed by atoms with Crippen molar-refractivity contribution in [3.8, 4) is 5.75 Å². The molecule has 3 aromatic carbocycles. The number of para-hydroxylation sites is 3. The molecule has 0 amide bonds. The number of carbonyl (C=O) groups is 1. The fraction of sp³-hybridized carbons (Fsp3) is 0.0435. The molecule has 150 valence electrons. The van der Waals surface area contributed by atoms with Crippen molar-refractivity contribution in [1.29, 1.82) is 0 Å². The predicted molar refractivity (Wildman–Crippen MR) is 120 cm³/mol. The summed E-state index contributed by atoms with van der Waals surface area (Å²) in [7, 11) is 0. The molecule has 0 saturated heterocycles. The molecule has 4 aromatic rings. The van der Waals surface area contributed by atoms with Gasteiger partial charge in [0, 0.05) is 16.1 Å². The number of halogens is 1. The molecule has 0 aliphatic rings. The van der Waals surface area contributed by atoms with Gasteiger partial charge in [0.1, 0.15) is 17.3 Å². The number of rotatable bonds is 7. The van der Waals surface area contributed by atoms with Crippen LogP contribution in [0.2, 0.25) is 5.02 Å². The molecule has 0 bridgehead atoms. The van der Waals surface area contributed by atoms with Crippen molar-refractivity contribution >= 4 is 46.4 Å². The third kappa shape index (κ3) is 4.67. The van der Waals surface area contributed by atoms with Gasteiger partial charge in [-0.15, -0.1) is 0 Å². The Bertz CT molecular complexity index is 1200. The first-order valence-corrected chi connectivity index (χ1v) is 10.3. The zero-order valence-corrected chi connectivity index (χ0v) is 17.3. The smallest absolute Gasteiger partial charge is 0.342 e. The third-order valence-corrected chi connectivity index (χ3v) is 5.60. The van der Waals surface area contributed by atoms with Crippen LogP contribution in [0.4, 0.5) is 0 Å². The maximum absolute atomic E-state index is 11.9. The molecule has 0 aliphatic carbocycles. The largest absolute Gasteiger partial charge is 0.488 e. The number of ether oxygens (including phenoxy) is 1. The van der Waals surface area contributed by atoms with E-state index < -0.39 is 5.97 Å². The van der Waals surface area contributed by atoms with Gasteiger partial charge in [-0.2, -0.15) is 0 Å². The van der Waals surface area contributed by atoms with E-state index in [1.807, 2.05) is 60.7 Å². The van der Waals surface area contributed by atoms with E-state index in [1.165, 1.54) is 0 Å². The average molecular weight is 437 g/mol. The van der Waals surface area contributed by atoms with E-state index in [4.69, 9.17) is 16.3 Å². The molecular weight excluding hydrogens is 420 g/mol. The van der Waals surface area contributed by atoms with Crippen molar-refractivity contribution < 1.29 is 14.6 Å². The summed E-state index contributed by atoms with van der Waals surface area (Å²) in [4.78, 5) is 19.6. The maximum atomic E-state index is 11.9. The Kier molecular flexibility index (Phi) is 6.07. The third-order valence-electron chi connectivity index (χ3n) is 4.33. The van der Waals surface area contributed by atoms with Gasteiger partial charge in [0.05, 0.1) is 11.0 Å². The minimum atomic E-state index is -1.04. The number of carboxylic acid groups (broad SMARTS) is 1. The molecular formula is C23H17ClN2O3S. The first-order valence-electron chi connectivity index (χ1n) is 9.13. The van der Waals surface area contributed by atoms with Gasteiger partial charge in [-0.25, -0.2) is 9.78 Å². The summed E-state index contributed by atoms with van der Waals surface area (Å²) in [6, 6.07) is 22.3. The number of aromatic nitrogens is 2. The second-order valence-corrected chi connectivity index (χ2v) is 7.83. The number of nitrogens with zero attached hydrogens (tertiary/aromatic N) is 1. The second kappa shape index (κ2) is 9.07.